The second kappa shape index (κ2) is 9.23. The normalized spacial score (nSPS) is 10.6. The Kier molecular flexibility index (Phi) is 6.76. The molecule has 0 saturated heterocycles. The van der Waals surface area contributed by atoms with E-state index in [0.29, 0.717) is 5.56 Å². The highest BCUT2D eigenvalue weighted by molar-refractivity contribution is 5.94. The van der Waals surface area contributed by atoms with Crippen molar-refractivity contribution in [3.63, 3.8) is 0 Å². The van der Waals surface area contributed by atoms with Gasteiger partial charge in [0.25, 0.3) is 5.69 Å². The van der Waals surface area contributed by atoms with Crippen molar-refractivity contribution >= 4 is 29.4 Å². The Balaban J connectivity index is 1.77. The fraction of sp³-hybridized carbons (Fsp3) is 0.211. The third-order valence-corrected chi connectivity index (χ3v) is 3.75. The molecule has 2 amide bonds. The number of hydrazone groups is 1. The van der Waals surface area contributed by atoms with Crippen molar-refractivity contribution in [1.29, 1.82) is 0 Å². The van der Waals surface area contributed by atoms with Crippen LogP contribution >= 0.6 is 0 Å². The number of nitro benzene ring substituents is 1. The smallest absolute Gasteiger partial charge is 0.269 e. The Bertz CT molecular complexity index is 876. The van der Waals surface area contributed by atoms with Crippen molar-refractivity contribution in [3.8, 4) is 0 Å². The molecular formula is C19H20N4O4. The van der Waals surface area contributed by atoms with Crippen LogP contribution in [0.4, 0.5) is 11.4 Å². The second-order valence-corrected chi connectivity index (χ2v) is 6.01. The standard InChI is InChI=1S/C19H20N4O4/c1-13-3-4-14(2)17(11-13)21-18(24)9-10-19(25)22-20-12-15-5-7-16(8-6-15)23(26)27/h3-8,11-12H,9-10H2,1-2H3,(H,21,24)(H,22,25)/b20-12+. The zero-order chi connectivity index (χ0) is 19.8. The highest BCUT2D eigenvalue weighted by Crippen LogP contribution is 2.16. The zero-order valence-corrected chi connectivity index (χ0v) is 15.1. The van der Waals surface area contributed by atoms with Gasteiger partial charge in [-0.1, -0.05) is 12.1 Å². The summed E-state index contributed by atoms with van der Waals surface area (Å²) in [6.07, 6.45) is 1.40. The summed E-state index contributed by atoms with van der Waals surface area (Å²) in [5.41, 5.74) is 5.63. The van der Waals surface area contributed by atoms with Gasteiger partial charge in [0, 0.05) is 30.7 Å². The fourth-order valence-electron chi connectivity index (χ4n) is 2.23. The van der Waals surface area contributed by atoms with E-state index in [-0.39, 0.29) is 24.4 Å². The lowest BCUT2D eigenvalue weighted by Crippen LogP contribution is -2.20. The predicted octanol–water partition coefficient (Wildman–Crippen LogP) is 3.08. The fourth-order valence-corrected chi connectivity index (χ4v) is 2.23. The van der Waals surface area contributed by atoms with E-state index in [9.17, 15) is 19.7 Å². The number of benzene rings is 2. The van der Waals surface area contributed by atoms with Gasteiger partial charge in [0.2, 0.25) is 11.8 Å². The lowest BCUT2D eigenvalue weighted by molar-refractivity contribution is -0.384. The van der Waals surface area contributed by atoms with Gasteiger partial charge in [0.1, 0.15) is 0 Å². The van der Waals surface area contributed by atoms with Crippen molar-refractivity contribution in [2.45, 2.75) is 26.7 Å². The van der Waals surface area contributed by atoms with E-state index >= 15 is 0 Å². The number of non-ortho nitro benzene ring substituents is 1. The van der Waals surface area contributed by atoms with Crippen LogP contribution in [0.5, 0.6) is 0 Å². The van der Waals surface area contributed by atoms with Crippen molar-refractivity contribution in [3.05, 3.63) is 69.3 Å². The Morgan fingerprint density at radius 1 is 1.07 bits per heavy atom. The molecule has 0 aliphatic rings. The van der Waals surface area contributed by atoms with Gasteiger partial charge in [-0.25, -0.2) is 5.43 Å². The maximum atomic E-state index is 12.0. The number of carbonyl (C=O) groups is 2. The van der Waals surface area contributed by atoms with Crippen LogP contribution in [-0.2, 0) is 9.59 Å². The first kappa shape index (κ1) is 19.8. The summed E-state index contributed by atoms with van der Waals surface area (Å²) < 4.78 is 0. The summed E-state index contributed by atoms with van der Waals surface area (Å²) in [7, 11) is 0. The predicted molar refractivity (Wildman–Crippen MR) is 103 cm³/mol. The molecule has 140 valence electrons. The van der Waals surface area contributed by atoms with Crippen molar-refractivity contribution in [2.75, 3.05) is 5.32 Å². The summed E-state index contributed by atoms with van der Waals surface area (Å²) in [5.74, 6) is -0.650. The summed E-state index contributed by atoms with van der Waals surface area (Å²) in [6, 6.07) is 11.5. The minimum absolute atomic E-state index is 0.00566. The summed E-state index contributed by atoms with van der Waals surface area (Å²) in [5, 5.41) is 17.1. The number of aryl methyl sites for hydroxylation is 2. The highest BCUT2D eigenvalue weighted by Gasteiger charge is 2.08. The number of anilines is 1. The third-order valence-electron chi connectivity index (χ3n) is 3.75. The molecule has 0 aliphatic carbocycles. The van der Waals surface area contributed by atoms with Crippen LogP contribution in [0.3, 0.4) is 0 Å². The van der Waals surface area contributed by atoms with E-state index in [1.807, 2.05) is 32.0 Å². The third kappa shape index (κ3) is 6.35. The SMILES string of the molecule is Cc1ccc(C)c(NC(=O)CCC(=O)N/N=C/c2ccc([N+](=O)[O-])cc2)c1. The second-order valence-electron chi connectivity index (χ2n) is 6.01. The van der Waals surface area contributed by atoms with Crippen LogP contribution in [-0.4, -0.2) is 23.0 Å². The van der Waals surface area contributed by atoms with Gasteiger partial charge in [-0.15, -0.1) is 0 Å². The van der Waals surface area contributed by atoms with E-state index in [4.69, 9.17) is 0 Å². The lowest BCUT2D eigenvalue weighted by Gasteiger charge is -2.09. The number of hydrogen-bond donors (Lipinski definition) is 2. The number of rotatable bonds is 7. The topological polar surface area (TPSA) is 114 Å². The van der Waals surface area contributed by atoms with Gasteiger partial charge in [-0.3, -0.25) is 19.7 Å². The lowest BCUT2D eigenvalue weighted by atomic mass is 10.1. The molecule has 0 aliphatic heterocycles. The van der Waals surface area contributed by atoms with Gasteiger partial charge in [-0.05, 0) is 48.7 Å². The van der Waals surface area contributed by atoms with Crippen molar-refractivity contribution in [2.24, 2.45) is 5.10 Å². The molecule has 0 fully saturated rings. The summed E-state index contributed by atoms with van der Waals surface area (Å²) >= 11 is 0. The van der Waals surface area contributed by atoms with Crippen LogP contribution in [0.15, 0.2) is 47.6 Å². The molecule has 8 nitrogen and oxygen atoms in total. The van der Waals surface area contributed by atoms with Crippen LogP contribution in [0, 0.1) is 24.0 Å². The average molecular weight is 368 g/mol. The maximum Gasteiger partial charge on any atom is 0.269 e. The molecule has 0 spiro atoms. The Morgan fingerprint density at radius 2 is 1.74 bits per heavy atom. The minimum Gasteiger partial charge on any atom is -0.326 e. The molecule has 27 heavy (non-hydrogen) atoms. The monoisotopic (exact) mass is 368 g/mol. The van der Waals surface area contributed by atoms with Gasteiger partial charge >= 0.3 is 0 Å². The van der Waals surface area contributed by atoms with E-state index < -0.39 is 10.8 Å². The maximum absolute atomic E-state index is 12.0. The molecule has 0 heterocycles. The highest BCUT2D eigenvalue weighted by atomic mass is 16.6. The van der Waals surface area contributed by atoms with Crippen molar-refractivity contribution in [1.82, 2.24) is 5.43 Å². The molecule has 2 N–H and O–H groups in total. The van der Waals surface area contributed by atoms with Crippen LogP contribution in [0.25, 0.3) is 0 Å². The number of nitrogens with one attached hydrogen (secondary N) is 2. The Hall–Kier alpha value is -3.55. The first-order chi connectivity index (χ1) is 12.8. The molecule has 0 saturated carbocycles. The molecule has 2 rings (SSSR count). The zero-order valence-electron chi connectivity index (χ0n) is 15.1. The molecule has 0 unspecified atom stereocenters. The van der Waals surface area contributed by atoms with E-state index in [0.717, 1.165) is 16.8 Å². The summed E-state index contributed by atoms with van der Waals surface area (Å²) in [4.78, 5) is 33.8. The Morgan fingerprint density at radius 3 is 2.41 bits per heavy atom. The molecule has 2 aromatic rings. The van der Waals surface area contributed by atoms with E-state index in [1.54, 1.807) is 0 Å². The first-order valence-electron chi connectivity index (χ1n) is 8.28. The van der Waals surface area contributed by atoms with Gasteiger partial charge < -0.3 is 5.32 Å². The molecule has 0 atom stereocenters. The van der Waals surface area contributed by atoms with Gasteiger partial charge in [0.15, 0.2) is 0 Å². The first-order valence-corrected chi connectivity index (χ1v) is 8.28. The quantitative estimate of drug-likeness (QED) is 0.444. The number of amides is 2. The summed E-state index contributed by atoms with van der Waals surface area (Å²) in [6.45, 7) is 3.83. The Labute approximate surface area is 156 Å². The minimum atomic E-state index is -0.494. The number of carbonyl (C=O) groups excluding carboxylic acids is 2. The molecule has 0 radical (unpaired) electrons. The van der Waals surface area contributed by atoms with Gasteiger partial charge in [-0.2, -0.15) is 5.10 Å². The number of hydrogen-bond acceptors (Lipinski definition) is 5. The van der Waals surface area contributed by atoms with Gasteiger partial charge in [0.05, 0.1) is 11.1 Å². The molecule has 8 heteroatoms. The molecule has 0 bridgehead atoms. The average Bonchev–Trinajstić information content (AvgIpc) is 2.63. The largest absolute Gasteiger partial charge is 0.326 e. The molecular weight excluding hydrogens is 348 g/mol. The number of nitro groups is 1. The van der Waals surface area contributed by atoms with Crippen molar-refractivity contribution < 1.29 is 14.5 Å². The number of nitrogens with zero attached hydrogens (tertiary/aromatic N) is 2. The van der Waals surface area contributed by atoms with Crippen LogP contribution < -0.4 is 10.7 Å². The van der Waals surface area contributed by atoms with Crippen LogP contribution in [0.2, 0.25) is 0 Å². The molecule has 2 aromatic carbocycles. The van der Waals surface area contributed by atoms with Crippen LogP contribution in [0.1, 0.15) is 29.5 Å². The molecule has 0 aromatic heterocycles. The van der Waals surface area contributed by atoms with E-state index in [2.05, 4.69) is 15.8 Å². The van der Waals surface area contributed by atoms with E-state index in [1.165, 1.54) is 30.5 Å².